The summed E-state index contributed by atoms with van der Waals surface area (Å²) in [4.78, 5) is 20.0. The molecule has 1 aromatic rings. The minimum absolute atomic E-state index is 0.0433. The summed E-state index contributed by atoms with van der Waals surface area (Å²) in [6, 6.07) is -0.973. The molecular weight excluding hydrogens is 429 g/mol. The maximum Gasteiger partial charge on any atom is 0.490 e. The molecule has 0 saturated heterocycles. The van der Waals surface area contributed by atoms with Crippen molar-refractivity contribution in [2.24, 2.45) is 5.92 Å². The molecule has 0 aromatic carbocycles. The van der Waals surface area contributed by atoms with Crippen LogP contribution < -0.4 is 5.32 Å². The molecule has 0 unspecified atom stereocenters. The van der Waals surface area contributed by atoms with Crippen molar-refractivity contribution in [2.75, 3.05) is 0 Å². The Bertz CT molecular complexity index is 777. The Balaban J connectivity index is 0.000000423. The average Bonchev–Trinajstić information content (AvgIpc) is 3.44. The van der Waals surface area contributed by atoms with Crippen LogP contribution in [0.15, 0.2) is 6.20 Å². The number of alkyl halides is 5. The Labute approximate surface area is 175 Å². The highest BCUT2D eigenvalue weighted by Crippen LogP contribution is 2.41. The van der Waals surface area contributed by atoms with Crippen LogP contribution in [0.1, 0.15) is 62.6 Å². The molecule has 0 bridgehead atoms. The normalized spacial score (nSPS) is 23.4. The number of carboxylic acid groups (broad SMARTS) is 2. The quantitative estimate of drug-likeness (QED) is 0.446. The zero-order chi connectivity index (χ0) is 23.4. The second-order valence-corrected chi connectivity index (χ2v) is 7.82. The van der Waals surface area contributed by atoms with E-state index in [1.165, 1.54) is 0 Å². The fourth-order valence-electron chi connectivity index (χ4n) is 3.47. The van der Waals surface area contributed by atoms with Crippen molar-refractivity contribution >= 4 is 11.9 Å². The van der Waals surface area contributed by atoms with E-state index in [0.717, 1.165) is 30.6 Å². The molecule has 0 spiro atoms. The lowest BCUT2D eigenvalue weighted by molar-refractivity contribution is -0.192. The molecule has 12 heteroatoms. The van der Waals surface area contributed by atoms with Crippen LogP contribution in [0.5, 0.6) is 0 Å². The Morgan fingerprint density at radius 3 is 2.29 bits per heavy atom. The third-order valence-corrected chi connectivity index (χ3v) is 5.43. The summed E-state index contributed by atoms with van der Waals surface area (Å²) >= 11 is 0. The molecule has 2 saturated carbocycles. The number of nitrogens with zero attached hydrogens (tertiary/aromatic N) is 2. The fraction of sp³-hybridized carbons (Fsp3) is 0.737. The molecule has 7 nitrogen and oxygen atoms in total. The van der Waals surface area contributed by atoms with Crippen molar-refractivity contribution in [3.63, 3.8) is 0 Å². The van der Waals surface area contributed by atoms with E-state index in [0.29, 0.717) is 18.9 Å². The lowest BCUT2D eigenvalue weighted by atomic mass is 10.0. The van der Waals surface area contributed by atoms with Gasteiger partial charge in [-0.25, -0.2) is 13.6 Å². The second kappa shape index (κ2) is 9.92. The summed E-state index contributed by atoms with van der Waals surface area (Å²) in [7, 11) is 0. The number of nitrogens with one attached hydrogen (secondary N) is 1. The smallest absolute Gasteiger partial charge is 0.481 e. The Morgan fingerprint density at radius 2 is 1.81 bits per heavy atom. The third kappa shape index (κ3) is 7.15. The topological polar surface area (TPSA) is 104 Å². The first-order valence-electron chi connectivity index (χ1n) is 10.1. The van der Waals surface area contributed by atoms with Crippen molar-refractivity contribution in [1.82, 2.24) is 15.1 Å². The first kappa shape index (κ1) is 25.0. The van der Waals surface area contributed by atoms with Gasteiger partial charge in [-0.05, 0) is 39.0 Å². The molecule has 3 N–H and O–H groups in total. The van der Waals surface area contributed by atoms with Gasteiger partial charge in [-0.1, -0.05) is 0 Å². The maximum absolute atomic E-state index is 14.3. The Hall–Kier alpha value is -2.24. The van der Waals surface area contributed by atoms with Gasteiger partial charge in [-0.15, -0.1) is 0 Å². The van der Waals surface area contributed by atoms with Gasteiger partial charge in [0.2, 0.25) is 0 Å². The van der Waals surface area contributed by atoms with Gasteiger partial charge < -0.3 is 15.5 Å². The van der Waals surface area contributed by atoms with Crippen LogP contribution in [-0.2, 0) is 22.7 Å². The summed E-state index contributed by atoms with van der Waals surface area (Å²) in [5, 5.41) is 23.8. The monoisotopic (exact) mass is 455 g/mol. The van der Waals surface area contributed by atoms with Crippen molar-refractivity contribution in [1.29, 1.82) is 0 Å². The van der Waals surface area contributed by atoms with Gasteiger partial charge in [0.1, 0.15) is 0 Å². The van der Waals surface area contributed by atoms with Gasteiger partial charge in [0.25, 0.3) is 5.92 Å². The van der Waals surface area contributed by atoms with Gasteiger partial charge >= 0.3 is 18.1 Å². The van der Waals surface area contributed by atoms with Gasteiger partial charge in [0.05, 0.1) is 17.7 Å². The van der Waals surface area contributed by atoms with Crippen LogP contribution >= 0.6 is 0 Å². The minimum atomic E-state index is -5.08. The molecule has 2 fully saturated rings. The van der Waals surface area contributed by atoms with E-state index < -0.39 is 36.0 Å². The molecule has 3 rings (SSSR count). The number of carboxylic acids is 2. The van der Waals surface area contributed by atoms with E-state index in [4.69, 9.17) is 15.0 Å². The van der Waals surface area contributed by atoms with Crippen LogP contribution in [0.25, 0.3) is 0 Å². The maximum atomic E-state index is 14.3. The zero-order valence-electron chi connectivity index (χ0n) is 17.0. The van der Waals surface area contributed by atoms with E-state index in [1.807, 2.05) is 17.8 Å². The molecule has 31 heavy (non-hydrogen) atoms. The SMILES string of the molecule is CCn1cc(CN[C@@H]2CC[C@@H](C(=O)O)CCC2(F)F)c(C2CC2)n1.O=C(O)C(F)(F)F. The predicted molar refractivity (Wildman–Crippen MR) is 98.7 cm³/mol. The highest BCUT2D eigenvalue weighted by atomic mass is 19.4. The van der Waals surface area contributed by atoms with Crippen LogP contribution in [0.3, 0.4) is 0 Å². The molecule has 2 aliphatic carbocycles. The lowest BCUT2D eigenvalue weighted by Gasteiger charge is -2.25. The van der Waals surface area contributed by atoms with Gasteiger partial charge in [0.15, 0.2) is 0 Å². The van der Waals surface area contributed by atoms with Crippen molar-refractivity contribution in [3.05, 3.63) is 17.5 Å². The van der Waals surface area contributed by atoms with E-state index in [-0.39, 0.29) is 19.3 Å². The van der Waals surface area contributed by atoms with Crippen LogP contribution in [-0.4, -0.2) is 50.1 Å². The number of halogens is 5. The molecule has 1 aromatic heterocycles. The molecule has 2 aliphatic rings. The largest absolute Gasteiger partial charge is 0.490 e. The second-order valence-electron chi connectivity index (χ2n) is 7.82. The van der Waals surface area contributed by atoms with Crippen LogP contribution in [0, 0.1) is 5.92 Å². The summed E-state index contributed by atoms with van der Waals surface area (Å²) < 4.78 is 62.3. The lowest BCUT2D eigenvalue weighted by Crippen LogP contribution is -2.43. The average molecular weight is 455 g/mol. The van der Waals surface area contributed by atoms with E-state index in [1.54, 1.807) is 0 Å². The molecule has 0 aliphatic heterocycles. The number of carbonyl (C=O) groups is 2. The summed E-state index contributed by atoms with van der Waals surface area (Å²) in [5.41, 5.74) is 2.03. The minimum Gasteiger partial charge on any atom is -0.481 e. The highest BCUT2D eigenvalue weighted by molar-refractivity contribution is 5.73. The third-order valence-electron chi connectivity index (χ3n) is 5.43. The first-order chi connectivity index (χ1) is 14.3. The number of rotatable bonds is 6. The molecule has 0 amide bonds. The summed E-state index contributed by atoms with van der Waals surface area (Å²) in [5.74, 6) is -6.78. The van der Waals surface area contributed by atoms with E-state index in [9.17, 15) is 26.7 Å². The van der Waals surface area contributed by atoms with E-state index >= 15 is 0 Å². The predicted octanol–water partition coefficient (Wildman–Crippen LogP) is 3.78. The molecule has 0 radical (unpaired) electrons. The van der Waals surface area contributed by atoms with E-state index in [2.05, 4.69) is 10.4 Å². The zero-order valence-corrected chi connectivity index (χ0v) is 17.0. The number of aryl methyl sites for hydroxylation is 1. The number of hydrogen-bond acceptors (Lipinski definition) is 4. The molecule has 1 heterocycles. The number of hydrogen-bond donors (Lipinski definition) is 3. The van der Waals surface area contributed by atoms with Crippen LogP contribution in [0.4, 0.5) is 22.0 Å². The first-order valence-corrected chi connectivity index (χ1v) is 10.1. The Morgan fingerprint density at radius 1 is 1.19 bits per heavy atom. The fourth-order valence-corrected chi connectivity index (χ4v) is 3.47. The standard InChI is InChI=1S/C17H25F2N3O2.C2HF3O2/c1-2-22-10-13(15(21-22)11-3-4-11)9-20-14-6-5-12(16(23)24)7-8-17(14,18)19;3-2(4,5)1(6)7/h10-12,14,20H,2-9H2,1H3,(H,23,24);(H,6,7)/t12-,14-;/m1./s1. The summed E-state index contributed by atoms with van der Waals surface area (Å²) in [6.07, 6.45) is -0.749. The molecular formula is C19H26F5N3O4. The van der Waals surface area contributed by atoms with Crippen molar-refractivity contribution < 1.29 is 41.8 Å². The van der Waals surface area contributed by atoms with Gasteiger partial charge in [-0.2, -0.15) is 18.3 Å². The van der Waals surface area contributed by atoms with Crippen molar-refractivity contribution in [2.45, 2.75) is 82.6 Å². The van der Waals surface area contributed by atoms with Gasteiger partial charge in [-0.3, -0.25) is 9.48 Å². The Kier molecular flexibility index (Phi) is 8.01. The van der Waals surface area contributed by atoms with Gasteiger partial charge in [0, 0.05) is 37.2 Å². The summed E-state index contributed by atoms with van der Waals surface area (Å²) in [6.45, 7) is 3.13. The van der Waals surface area contributed by atoms with Crippen molar-refractivity contribution in [3.8, 4) is 0 Å². The van der Waals surface area contributed by atoms with Crippen LogP contribution in [0.2, 0.25) is 0 Å². The number of aliphatic carboxylic acids is 2. The molecule has 2 atom stereocenters. The number of aromatic nitrogens is 2. The highest BCUT2D eigenvalue weighted by Gasteiger charge is 2.43. The molecule has 176 valence electrons.